The minimum Gasteiger partial charge on any atom is -0.496 e. The SMILES string of the molecule is COc1cc(OC)c2c(c1Cl)OC1(C2=O)C(OCc2ccccc2)=CC(=NO)CC1C. The van der Waals surface area contributed by atoms with E-state index in [1.807, 2.05) is 37.3 Å². The van der Waals surface area contributed by atoms with Crippen LogP contribution >= 0.6 is 11.6 Å². The van der Waals surface area contributed by atoms with Crippen molar-refractivity contribution in [1.82, 2.24) is 0 Å². The van der Waals surface area contributed by atoms with Gasteiger partial charge in [-0.15, -0.1) is 0 Å². The first-order chi connectivity index (χ1) is 15.0. The molecule has 2 aromatic carbocycles. The Balaban J connectivity index is 1.82. The van der Waals surface area contributed by atoms with Crippen molar-refractivity contribution >= 4 is 23.1 Å². The molecule has 4 rings (SSSR count). The maximum absolute atomic E-state index is 13.8. The zero-order valence-corrected chi connectivity index (χ0v) is 18.1. The van der Waals surface area contributed by atoms with Crippen LogP contribution in [0.15, 0.2) is 53.4 Å². The van der Waals surface area contributed by atoms with Gasteiger partial charge in [-0.3, -0.25) is 4.79 Å². The summed E-state index contributed by atoms with van der Waals surface area (Å²) in [5, 5.41) is 12.9. The summed E-state index contributed by atoms with van der Waals surface area (Å²) in [4.78, 5) is 13.8. The number of ketones is 1. The third-order valence-electron chi connectivity index (χ3n) is 5.66. The van der Waals surface area contributed by atoms with Crippen molar-refractivity contribution in [2.24, 2.45) is 11.1 Å². The van der Waals surface area contributed by atoms with E-state index in [9.17, 15) is 10.0 Å². The van der Waals surface area contributed by atoms with Crippen molar-refractivity contribution in [2.75, 3.05) is 14.2 Å². The lowest BCUT2D eigenvalue weighted by Crippen LogP contribution is -2.51. The van der Waals surface area contributed by atoms with Gasteiger partial charge in [0.1, 0.15) is 28.7 Å². The smallest absolute Gasteiger partial charge is 0.231 e. The van der Waals surface area contributed by atoms with Gasteiger partial charge in [0.2, 0.25) is 11.4 Å². The van der Waals surface area contributed by atoms with Gasteiger partial charge in [0.15, 0.2) is 11.5 Å². The molecule has 1 aliphatic heterocycles. The Bertz CT molecular complexity index is 1080. The van der Waals surface area contributed by atoms with E-state index in [4.69, 9.17) is 30.5 Å². The molecule has 0 saturated carbocycles. The summed E-state index contributed by atoms with van der Waals surface area (Å²) >= 11 is 6.49. The van der Waals surface area contributed by atoms with Crippen molar-refractivity contribution in [3.8, 4) is 17.2 Å². The molecule has 0 amide bonds. The Morgan fingerprint density at radius 1 is 1.23 bits per heavy atom. The highest BCUT2D eigenvalue weighted by Crippen LogP contribution is 2.54. The van der Waals surface area contributed by atoms with Crippen LogP contribution < -0.4 is 14.2 Å². The highest BCUT2D eigenvalue weighted by atomic mass is 35.5. The number of ether oxygens (including phenoxy) is 4. The van der Waals surface area contributed by atoms with Crippen LogP contribution in [-0.2, 0) is 11.3 Å². The molecular weight excluding hydrogens is 422 g/mol. The molecule has 0 saturated heterocycles. The first-order valence-corrected chi connectivity index (χ1v) is 10.1. The van der Waals surface area contributed by atoms with E-state index in [0.717, 1.165) is 5.56 Å². The summed E-state index contributed by atoms with van der Waals surface area (Å²) < 4.78 is 23.1. The average molecular weight is 444 g/mol. The Morgan fingerprint density at radius 2 is 1.94 bits per heavy atom. The molecule has 31 heavy (non-hydrogen) atoms. The van der Waals surface area contributed by atoms with Crippen LogP contribution in [0, 0.1) is 5.92 Å². The van der Waals surface area contributed by atoms with E-state index < -0.39 is 11.5 Å². The summed E-state index contributed by atoms with van der Waals surface area (Å²) in [6.45, 7) is 2.05. The van der Waals surface area contributed by atoms with Crippen molar-refractivity contribution < 1.29 is 28.9 Å². The fourth-order valence-corrected chi connectivity index (χ4v) is 4.32. The van der Waals surface area contributed by atoms with Gasteiger partial charge in [0.05, 0.1) is 19.9 Å². The number of halogens is 1. The first-order valence-electron chi connectivity index (χ1n) is 9.74. The predicted octanol–water partition coefficient (Wildman–Crippen LogP) is 4.64. The quantitative estimate of drug-likeness (QED) is 0.535. The molecule has 1 heterocycles. The van der Waals surface area contributed by atoms with E-state index in [0.29, 0.717) is 23.6 Å². The first kappa shape index (κ1) is 21.1. The largest absolute Gasteiger partial charge is 0.496 e. The number of hydrogen-bond donors (Lipinski definition) is 1. The number of carbonyl (C=O) groups is 1. The van der Waals surface area contributed by atoms with Crippen LogP contribution in [0.4, 0.5) is 0 Å². The predicted molar refractivity (Wildman–Crippen MR) is 115 cm³/mol. The normalized spacial score (nSPS) is 23.4. The number of hydrogen-bond acceptors (Lipinski definition) is 7. The summed E-state index contributed by atoms with van der Waals surface area (Å²) in [7, 11) is 2.94. The Labute approximate surface area is 184 Å². The molecule has 1 spiro atoms. The van der Waals surface area contributed by atoms with Crippen LogP contribution in [0.3, 0.4) is 0 Å². The molecule has 0 aromatic heterocycles. The number of nitrogens with zero attached hydrogens (tertiary/aromatic N) is 1. The molecule has 0 bridgehead atoms. The molecule has 2 aliphatic rings. The van der Waals surface area contributed by atoms with Gasteiger partial charge in [-0.1, -0.05) is 54.0 Å². The monoisotopic (exact) mass is 443 g/mol. The Morgan fingerprint density at radius 3 is 2.58 bits per heavy atom. The fourth-order valence-electron chi connectivity index (χ4n) is 4.06. The van der Waals surface area contributed by atoms with Crippen LogP contribution in [0.2, 0.25) is 5.02 Å². The number of benzene rings is 2. The zero-order valence-electron chi connectivity index (χ0n) is 17.3. The van der Waals surface area contributed by atoms with Crippen molar-refractivity contribution in [3.63, 3.8) is 0 Å². The molecule has 162 valence electrons. The maximum Gasteiger partial charge on any atom is 0.231 e. The number of rotatable bonds is 5. The molecule has 2 aromatic rings. The average Bonchev–Trinajstić information content (AvgIpc) is 3.10. The molecule has 1 N–H and O–H groups in total. The summed E-state index contributed by atoms with van der Waals surface area (Å²) in [6.07, 6.45) is 1.86. The number of methoxy groups -OCH3 is 2. The lowest BCUT2D eigenvalue weighted by molar-refractivity contribution is 0.00866. The van der Waals surface area contributed by atoms with Gasteiger partial charge in [-0.2, -0.15) is 0 Å². The molecule has 0 fully saturated rings. The molecule has 0 radical (unpaired) electrons. The van der Waals surface area contributed by atoms with Gasteiger partial charge < -0.3 is 24.2 Å². The lowest BCUT2D eigenvalue weighted by atomic mass is 9.75. The second kappa shape index (κ2) is 8.15. The van der Waals surface area contributed by atoms with Crippen LogP contribution in [0.1, 0.15) is 29.3 Å². The van der Waals surface area contributed by atoms with Crippen molar-refractivity contribution in [3.05, 3.63) is 64.4 Å². The summed E-state index contributed by atoms with van der Waals surface area (Å²) in [5.41, 5.74) is 0.0802. The van der Waals surface area contributed by atoms with E-state index in [1.165, 1.54) is 14.2 Å². The third kappa shape index (κ3) is 3.29. The highest BCUT2D eigenvalue weighted by Gasteiger charge is 2.59. The molecule has 2 unspecified atom stereocenters. The fraction of sp³-hybridized carbons (Fsp3) is 0.304. The molecular formula is C23H22ClNO6. The Hall–Kier alpha value is -3.19. The second-order valence-corrected chi connectivity index (χ2v) is 7.82. The summed E-state index contributed by atoms with van der Waals surface area (Å²) in [5.74, 6) is 0.344. The van der Waals surface area contributed by atoms with Gasteiger partial charge >= 0.3 is 0 Å². The van der Waals surface area contributed by atoms with Crippen molar-refractivity contribution in [2.45, 2.75) is 25.6 Å². The molecule has 1 aliphatic carbocycles. The molecule has 2 atom stereocenters. The topological polar surface area (TPSA) is 86.6 Å². The van der Waals surface area contributed by atoms with Gasteiger partial charge in [0.25, 0.3) is 0 Å². The molecule has 7 nitrogen and oxygen atoms in total. The highest BCUT2D eigenvalue weighted by molar-refractivity contribution is 6.35. The Kier molecular flexibility index (Phi) is 5.54. The van der Waals surface area contributed by atoms with Gasteiger partial charge in [-0.05, 0) is 5.56 Å². The van der Waals surface area contributed by atoms with E-state index in [1.54, 1.807) is 12.1 Å². The van der Waals surface area contributed by atoms with E-state index in [2.05, 4.69) is 5.16 Å². The number of fused-ring (bicyclic) bond motifs is 1. The maximum atomic E-state index is 13.8. The number of Topliss-reactive ketones (excluding diaryl/α,β-unsaturated/α-hetero) is 1. The number of allylic oxidation sites excluding steroid dienone is 1. The minimum absolute atomic E-state index is 0.180. The van der Waals surface area contributed by atoms with E-state index >= 15 is 0 Å². The standard InChI is InChI=1S/C23H22ClNO6/c1-13-9-15(25-27)10-18(30-12-14-7-5-4-6-8-14)23(13)22(26)19-16(28-2)11-17(29-3)20(24)21(19)31-23/h4-8,10-11,13,27H,9,12H2,1-3H3. The minimum atomic E-state index is -1.46. The van der Waals surface area contributed by atoms with Crippen molar-refractivity contribution in [1.29, 1.82) is 0 Å². The van der Waals surface area contributed by atoms with Crippen LogP contribution in [0.5, 0.6) is 17.2 Å². The van der Waals surface area contributed by atoms with Gasteiger partial charge in [-0.25, -0.2) is 0 Å². The second-order valence-electron chi connectivity index (χ2n) is 7.45. The lowest BCUT2D eigenvalue weighted by Gasteiger charge is -2.37. The van der Waals surface area contributed by atoms with Crippen LogP contribution in [-0.4, -0.2) is 36.5 Å². The number of oxime groups is 1. The van der Waals surface area contributed by atoms with Crippen LogP contribution in [0.25, 0.3) is 0 Å². The van der Waals surface area contributed by atoms with E-state index in [-0.39, 0.29) is 34.5 Å². The third-order valence-corrected chi connectivity index (χ3v) is 6.02. The van der Waals surface area contributed by atoms with Gasteiger partial charge in [0, 0.05) is 24.5 Å². The number of carbonyl (C=O) groups excluding carboxylic acids is 1. The summed E-state index contributed by atoms with van der Waals surface area (Å²) in [6, 6.07) is 11.1. The zero-order chi connectivity index (χ0) is 22.2. The molecule has 8 heteroatoms.